The van der Waals surface area contributed by atoms with Gasteiger partial charge in [-0.05, 0) is 23.9 Å². The van der Waals surface area contributed by atoms with E-state index in [9.17, 15) is 19.5 Å². The van der Waals surface area contributed by atoms with Crippen molar-refractivity contribution in [1.29, 1.82) is 0 Å². The Morgan fingerprint density at radius 1 is 1.37 bits per heavy atom. The minimum atomic E-state index is -1.26. The van der Waals surface area contributed by atoms with Gasteiger partial charge < -0.3 is 25.4 Å². The first kappa shape index (κ1) is 23.2. The van der Waals surface area contributed by atoms with E-state index in [1.54, 1.807) is 12.1 Å². The quantitative estimate of drug-likeness (QED) is 0.230. The highest BCUT2D eigenvalue weighted by Gasteiger charge is 2.54. The third kappa shape index (κ3) is 4.21. The predicted molar refractivity (Wildman–Crippen MR) is 130 cm³/mol. The lowest BCUT2D eigenvalue weighted by atomic mass is 10.0. The molecule has 0 aliphatic carbocycles. The number of β-lactam (4-membered cyclic amide) rings is 1. The molecule has 0 radical (unpaired) electrons. The molecule has 180 valence electrons. The molecule has 1 saturated heterocycles. The number of carboxylic acid groups (broad SMARTS) is 1. The fraction of sp³-hybridized carbons (Fsp3) is 0.200. The largest absolute Gasteiger partial charge is 0.477 e. The molecular weight excluding hydrogens is 516 g/mol. The van der Waals surface area contributed by atoms with Crippen molar-refractivity contribution in [2.45, 2.75) is 16.6 Å². The van der Waals surface area contributed by atoms with Crippen LogP contribution in [0.25, 0.3) is 11.1 Å². The normalized spacial score (nSPS) is 20.0. The standard InChI is InChI=1S/C20H16N6O6S3/c1-31-25-12(9-6-34-19(21)22-9)15(27)24-13-16(28)26-14(18(29)30)11(7-33-17(13)26)35-20-23-8-4-2-3-5-10(8)32-20/h2-6,13,17H,7H2,1H3,(H2,21,22)(H,24,27)(H,29,30)/b25-12-. The Kier molecular flexibility index (Phi) is 6.12. The topological polar surface area (TPSA) is 173 Å². The fourth-order valence-corrected chi connectivity index (χ4v) is 6.52. The summed E-state index contributed by atoms with van der Waals surface area (Å²) in [5, 5.41) is 17.6. The summed E-state index contributed by atoms with van der Waals surface area (Å²) in [7, 11) is 1.27. The van der Waals surface area contributed by atoms with E-state index < -0.39 is 29.2 Å². The van der Waals surface area contributed by atoms with Crippen LogP contribution >= 0.6 is 34.9 Å². The number of carboxylic acids is 1. The van der Waals surface area contributed by atoms with Gasteiger partial charge in [-0.1, -0.05) is 17.3 Å². The zero-order chi connectivity index (χ0) is 24.7. The third-order valence-electron chi connectivity index (χ3n) is 5.07. The molecule has 2 unspecified atom stereocenters. The summed E-state index contributed by atoms with van der Waals surface area (Å²) in [5.74, 6) is -2.22. The second-order valence-electron chi connectivity index (χ2n) is 7.18. The van der Waals surface area contributed by atoms with Gasteiger partial charge in [-0.15, -0.1) is 23.1 Å². The number of amides is 2. The fourth-order valence-electron chi connectivity index (χ4n) is 3.57. The molecule has 2 amide bonds. The molecule has 3 aromatic rings. The Morgan fingerprint density at radius 3 is 2.86 bits per heavy atom. The van der Waals surface area contributed by atoms with E-state index in [1.165, 1.54) is 29.2 Å². The number of nitrogens with zero attached hydrogens (tertiary/aromatic N) is 4. The number of rotatable bonds is 7. The lowest BCUT2D eigenvalue weighted by Gasteiger charge is -2.49. The maximum Gasteiger partial charge on any atom is 0.353 e. The second-order valence-corrected chi connectivity index (χ2v) is 10.2. The van der Waals surface area contributed by atoms with E-state index in [0.29, 0.717) is 16.0 Å². The summed E-state index contributed by atoms with van der Waals surface area (Å²) in [6.07, 6.45) is 0. The lowest BCUT2D eigenvalue weighted by molar-refractivity contribution is -0.150. The average molecular weight is 533 g/mol. The maximum absolute atomic E-state index is 13.0. The summed E-state index contributed by atoms with van der Waals surface area (Å²) in [6.45, 7) is 0. The second kappa shape index (κ2) is 9.24. The van der Waals surface area contributed by atoms with Crippen LogP contribution in [0.15, 0.2) is 55.0 Å². The van der Waals surface area contributed by atoms with E-state index in [-0.39, 0.29) is 33.2 Å². The zero-order valence-electron chi connectivity index (χ0n) is 17.8. The van der Waals surface area contributed by atoms with Gasteiger partial charge in [0.25, 0.3) is 17.0 Å². The Hall–Kier alpha value is -3.56. The summed E-state index contributed by atoms with van der Waals surface area (Å²) >= 11 is 3.50. The number of thiazole rings is 1. The van der Waals surface area contributed by atoms with Gasteiger partial charge in [0, 0.05) is 16.0 Å². The number of oxazole rings is 1. The summed E-state index contributed by atoms with van der Waals surface area (Å²) in [6, 6.07) is 6.23. The summed E-state index contributed by atoms with van der Waals surface area (Å²) < 4.78 is 5.69. The molecule has 4 heterocycles. The molecule has 1 aromatic carbocycles. The number of carbonyl (C=O) groups is 3. The van der Waals surface area contributed by atoms with Crippen molar-refractivity contribution in [2.24, 2.45) is 5.16 Å². The number of benzene rings is 1. The first-order chi connectivity index (χ1) is 16.9. The van der Waals surface area contributed by atoms with Crippen LogP contribution < -0.4 is 11.1 Å². The third-order valence-corrected chi connectivity index (χ3v) is 8.14. The number of nitrogen functional groups attached to an aromatic ring is 1. The Morgan fingerprint density at radius 2 is 2.17 bits per heavy atom. The SMILES string of the molecule is CO/N=C(\C(=O)NC1C(=O)N2C(C(=O)O)=C(Sc3nc4ccccc4o3)CSC12)c1csc(N)n1. The minimum Gasteiger partial charge on any atom is -0.477 e. The van der Waals surface area contributed by atoms with Gasteiger partial charge in [0.2, 0.25) is 0 Å². The predicted octanol–water partition coefficient (Wildman–Crippen LogP) is 1.71. The van der Waals surface area contributed by atoms with Crippen LogP contribution in [0.5, 0.6) is 0 Å². The molecule has 2 aliphatic heterocycles. The van der Waals surface area contributed by atoms with Gasteiger partial charge in [0.05, 0.1) is 0 Å². The molecule has 35 heavy (non-hydrogen) atoms. The number of nitrogens with one attached hydrogen (secondary N) is 1. The van der Waals surface area contributed by atoms with Crippen LogP contribution in [0.4, 0.5) is 5.13 Å². The van der Waals surface area contributed by atoms with Crippen LogP contribution in [0.3, 0.4) is 0 Å². The van der Waals surface area contributed by atoms with Gasteiger partial charge in [-0.25, -0.2) is 14.8 Å². The first-order valence-electron chi connectivity index (χ1n) is 9.95. The molecule has 1 fully saturated rings. The number of anilines is 1. The van der Waals surface area contributed by atoms with E-state index in [4.69, 9.17) is 15.0 Å². The number of thioether (sulfide) groups is 2. The summed E-state index contributed by atoms with van der Waals surface area (Å²) in [4.78, 5) is 52.6. The van der Waals surface area contributed by atoms with Crippen molar-refractivity contribution in [3.05, 3.63) is 45.9 Å². The molecule has 0 bridgehead atoms. The van der Waals surface area contributed by atoms with Crippen molar-refractivity contribution >= 4 is 74.6 Å². The van der Waals surface area contributed by atoms with Gasteiger partial charge in [0.1, 0.15) is 35.4 Å². The summed E-state index contributed by atoms with van der Waals surface area (Å²) in [5.41, 5.74) is 6.76. The number of nitrogens with two attached hydrogens (primary N) is 1. The van der Waals surface area contributed by atoms with E-state index >= 15 is 0 Å². The van der Waals surface area contributed by atoms with Gasteiger partial charge in [0.15, 0.2) is 16.4 Å². The average Bonchev–Trinajstić information content (AvgIpc) is 3.45. The van der Waals surface area contributed by atoms with Gasteiger partial charge >= 0.3 is 5.97 Å². The highest BCUT2D eigenvalue weighted by atomic mass is 32.2. The number of hydrogen-bond donors (Lipinski definition) is 3. The molecule has 0 spiro atoms. The van der Waals surface area contributed by atoms with Crippen molar-refractivity contribution in [1.82, 2.24) is 20.2 Å². The molecule has 4 N–H and O–H groups in total. The minimum absolute atomic E-state index is 0.145. The molecule has 0 saturated carbocycles. The van der Waals surface area contributed by atoms with E-state index in [0.717, 1.165) is 23.1 Å². The van der Waals surface area contributed by atoms with Crippen molar-refractivity contribution in [3.63, 3.8) is 0 Å². The van der Waals surface area contributed by atoms with E-state index in [2.05, 4.69) is 20.4 Å². The highest BCUT2D eigenvalue weighted by Crippen LogP contribution is 2.45. The maximum atomic E-state index is 13.0. The highest BCUT2D eigenvalue weighted by molar-refractivity contribution is 8.06. The Balaban J connectivity index is 1.36. The molecular formula is C20H16N6O6S3. The number of para-hydroxylation sites is 2. The molecule has 2 aliphatic rings. The van der Waals surface area contributed by atoms with Crippen molar-refractivity contribution < 1.29 is 28.7 Å². The van der Waals surface area contributed by atoms with Crippen molar-refractivity contribution in [3.8, 4) is 0 Å². The van der Waals surface area contributed by atoms with E-state index in [1.807, 2.05) is 12.1 Å². The number of carbonyl (C=O) groups excluding carboxylic acids is 2. The van der Waals surface area contributed by atoms with Crippen LogP contribution in [-0.4, -0.2) is 67.7 Å². The first-order valence-corrected chi connectivity index (χ1v) is 12.7. The molecule has 5 rings (SSSR count). The monoisotopic (exact) mass is 532 g/mol. The van der Waals surface area contributed by atoms with Gasteiger partial charge in [-0.2, -0.15) is 0 Å². The number of oxime groups is 1. The smallest absolute Gasteiger partial charge is 0.353 e. The zero-order valence-corrected chi connectivity index (χ0v) is 20.3. The van der Waals surface area contributed by atoms with Gasteiger partial charge in [-0.3, -0.25) is 14.5 Å². The molecule has 2 aromatic heterocycles. The van der Waals surface area contributed by atoms with Crippen LogP contribution in [0, 0.1) is 0 Å². The number of hydrogen-bond acceptors (Lipinski definition) is 12. The number of aromatic nitrogens is 2. The molecule has 2 atom stereocenters. The van der Waals surface area contributed by atoms with Crippen LogP contribution in [0.1, 0.15) is 5.69 Å². The number of fused-ring (bicyclic) bond motifs is 2. The van der Waals surface area contributed by atoms with Crippen molar-refractivity contribution in [2.75, 3.05) is 18.6 Å². The Bertz CT molecular complexity index is 1380. The molecule has 15 heteroatoms. The van der Waals surface area contributed by atoms with Crippen LogP contribution in [0.2, 0.25) is 0 Å². The van der Waals surface area contributed by atoms with Crippen LogP contribution in [-0.2, 0) is 19.2 Å². The lowest BCUT2D eigenvalue weighted by Crippen LogP contribution is -2.71. The number of aliphatic carboxylic acids is 1. The molecule has 12 nitrogen and oxygen atoms in total. The Labute approximate surface area is 209 Å².